The molecule has 1 fully saturated rings. The van der Waals surface area contributed by atoms with E-state index in [1.807, 2.05) is 43.9 Å². The molecule has 1 amide bonds. The van der Waals surface area contributed by atoms with E-state index in [1.54, 1.807) is 0 Å². The first kappa shape index (κ1) is 18.0. The molecule has 1 aromatic rings. The van der Waals surface area contributed by atoms with Crippen LogP contribution >= 0.6 is 0 Å². The number of nitrogens with zero attached hydrogens (tertiary/aromatic N) is 1. The second-order valence-electron chi connectivity index (χ2n) is 6.28. The zero-order valence-corrected chi connectivity index (χ0v) is 13.5. The van der Waals surface area contributed by atoms with Crippen molar-refractivity contribution in [2.45, 2.75) is 58.2 Å². The van der Waals surface area contributed by atoms with Gasteiger partial charge in [-0.2, -0.15) is 0 Å². The molecule has 0 spiro atoms. The van der Waals surface area contributed by atoms with E-state index in [2.05, 4.69) is 12.1 Å². The number of hydrogen-bond acceptors (Lipinski definition) is 3. The van der Waals surface area contributed by atoms with Crippen molar-refractivity contribution >= 4 is 12.6 Å². The van der Waals surface area contributed by atoms with Gasteiger partial charge in [0, 0.05) is 12.6 Å². The van der Waals surface area contributed by atoms with Crippen LogP contribution < -0.4 is 0 Å². The molecule has 0 aliphatic heterocycles. The highest BCUT2D eigenvalue weighted by atomic mass is 16.6. The third-order valence-electron chi connectivity index (χ3n) is 3.34. The van der Waals surface area contributed by atoms with Crippen LogP contribution in [0.3, 0.4) is 0 Å². The van der Waals surface area contributed by atoms with Gasteiger partial charge in [0.15, 0.2) is 0 Å². The molecular formula is C17H25NO4. The Morgan fingerprint density at radius 1 is 1.32 bits per heavy atom. The van der Waals surface area contributed by atoms with Crippen molar-refractivity contribution < 1.29 is 19.4 Å². The molecule has 1 aliphatic carbocycles. The van der Waals surface area contributed by atoms with Crippen molar-refractivity contribution in [3.63, 3.8) is 0 Å². The Morgan fingerprint density at radius 3 is 2.27 bits per heavy atom. The van der Waals surface area contributed by atoms with E-state index in [1.165, 1.54) is 6.42 Å². The van der Waals surface area contributed by atoms with Crippen LogP contribution in [0.15, 0.2) is 30.3 Å². The Labute approximate surface area is 131 Å². The highest BCUT2D eigenvalue weighted by molar-refractivity contribution is 5.68. The molecule has 1 aliphatic rings. The third kappa shape index (κ3) is 6.16. The zero-order valence-electron chi connectivity index (χ0n) is 13.5. The van der Waals surface area contributed by atoms with Crippen LogP contribution in [-0.2, 0) is 16.1 Å². The average molecular weight is 307 g/mol. The van der Waals surface area contributed by atoms with E-state index >= 15 is 0 Å². The fourth-order valence-corrected chi connectivity index (χ4v) is 2.14. The molecule has 5 heteroatoms. The summed E-state index contributed by atoms with van der Waals surface area (Å²) in [6.07, 6.45) is 3.19. The molecule has 0 unspecified atom stereocenters. The lowest BCUT2D eigenvalue weighted by atomic mass is 9.91. The maximum Gasteiger partial charge on any atom is 0.410 e. The Hall–Kier alpha value is -2.04. The quantitative estimate of drug-likeness (QED) is 0.865. The van der Waals surface area contributed by atoms with Crippen molar-refractivity contribution in [3.05, 3.63) is 35.9 Å². The van der Waals surface area contributed by atoms with E-state index in [0.29, 0.717) is 12.6 Å². The summed E-state index contributed by atoms with van der Waals surface area (Å²) in [6.45, 7) is 6.12. The largest absolute Gasteiger partial charge is 0.483 e. The predicted molar refractivity (Wildman–Crippen MR) is 84.6 cm³/mol. The van der Waals surface area contributed by atoms with Gasteiger partial charge >= 0.3 is 6.09 Å². The summed E-state index contributed by atoms with van der Waals surface area (Å²) in [5, 5.41) is 6.89. The van der Waals surface area contributed by atoms with E-state index < -0.39 is 5.60 Å². The predicted octanol–water partition coefficient (Wildman–Crippen LogP) is 3.68. The summed E-state index contributed by atoms with van der Waals surface area (Å²) in [5.41, 5.74) is 0.718. The van der Waals surface area contributed by atoms with Crippen LogP contribution in [0, 0.1) is 0 Å². The van der Waals surface area contributed by atoms with E-state index in [-0.39, 0.29) is 12.6 Å². The van der Waals surface area contributed by atoms with Crippen molar-refractivity contribution in [2.24, 2.45) is 0 Å². The van der Waals surface area contributed by atoms with Gasteiger partial charge < -0.3 is 14.7 Å². The monoisotopic (exact) mass is 307 g/mol. The minimum Gasteiger partial charge on any atom is -0.483 e. The number of carboxylic acid groups (broad SMARTS) is 1. The lowest BCUT2D eigenvalue weighted by Gasteiger charge is -2.38. The number of amides is 1. The molecule has 22 heavy (non-hydrogen) atoms. The van der Waals surface area contributed by atoms with Gasteiger partial charge in [-0.25, -0.2) is 4.79 Å². The first-order valence-electron chi connectivity index (χ1n) is 7.49. The van der Waals surface area contributed by atoms with Crippen LogP contribution in [0.1, 0.15) is 45.6 Å². The maximum absolute atomic E-state index is 12.3. The Kier molecular flexibility index (Phi) is 6.89. The summed E-state index contributed by atoms with van der Waals surface area (Å²) in [7, 11) is 0. The standard InChI is InChI=1S/C16H23NO2.CH2O2/c1-16(2,3)19-15(18)17(14-10-7-11-14)12-13-8-5-4-6-9-13;2-1-3/h4-6,8-9,14H,7,10-12H2,1-3H3;1H,(H,2,3). The maximum atomic E-state index is 12.3. The fourth-order valence-electron chi connectivity index (χ4n) is 2.14. The van der Waals surface area contributed by atoms with Crippen LogP contribution in [-0.4, -0.2) is 34.2 Å². The van der Waals surface area contributed by atoms with Gasteiger partial charge in [0.2, 0.25) is 0 Å². The van der Waals surface area contributed by atoms with Crippen LogP contribution in [0.5, 0.6) is 0 Å². The minimum absolute atomic E-state index is 0.193. The lowest BCUT2D eigenvalue weighted by molar-refractivity contribution is -0.122. The normalized spacial score (nSPS) is 14.1. The topological polar surface area (TPSA) is 66.8 Å². The van der Waals surface area contributed by atoms with E-state index in [9.17, 15) is 4.79 Å². The first-order valence-corrected chi connectivity index (χ1v) is 7.49. The molecule has 0 aromatic heterocycles. The van der Waals surface area contributed by atoms with Crippen molar-refractivity contribution in [3.8, 4) is 0 Å². The number of benzene rings is 1. The van der Waals surface area contributed by atoms with Gasteiger partial charge in [0.05, 0.1) is 0 Å². The number of ether oxygens (including phenoxy) is 1. The molecule has 1 N–H and O–H groups in total. The van der Waals surface area contributed by atoms with Crippen molar-refractivity contribution in [1.29, 1.82) is 0 Å². The molecule has 0 radical (unpaired) electrons. The molecule has 122 valence electrons. The Bertz CT molecular complexity index is 463. The SMILES string of the molecule is CC(C)(C)OC(=O)N(Cc1ccccc1)C1CCC1.O=CO. The summed E-state index contributed by atoms with van der Waals surface area (Å²) in [6, 6.07) is 10.4. The zero-order chi connectivity index (χ0) is 16.6. The number of hydrogen-bond donors (Lipinski definition) is 1. The molecule has 0 heterocycles. The van der Waals surface area contributed by atoms with Gasteiger partial charge in [0.1, 0.15) is 5.60 Å². The molecule has 0 bridgehead atoms. The minimum atomic E-state index is -0.435. The average Bonchev–Trinajstić information content (AvgIpc) is 2.36. The second kappa shape index (κ2) is 8.41. The van der Waals surface area contributed by atoms with E-state index in [0.717, 1.165) is 18.4 Å². The van der Waals surface area contributed by atoms with Gasteiger partial charge in [-0.15, -0.1) is 0 Å². The summed E-state index contributed by atoms with van der Waals surface area (Å²) in [5.74, 6) is 0. The van der Waals surface area contributed by atoms with Crippen molar-refractivity contribution in [2.75, 3.05) is 0 Å². The first-order chi connectivity index (χ1) is 10.4. The molecule has 0 atom stereocenters. The molecular weight excluding hydrogens is 282 g/mol. The van der Waals surface area contributed by atoms with Gasteiger partial charge in [0.25, 0.3) is 6.47 Å². The lowest BCUT2D eigenvalue weighted by Crippen LogP contribution is -2.46. The highest BCUT2D eigenvalue weighted by Crippen LogP contribution is 2.27. The Balaban J connectivity index is 0.000000745. The van der Waals surface area contributed by atoms with Crippen LogP contribution in [0.4, 0.5) is 4.79 Å². The fraction of sp³-hybridized carbons (Fsp3) is 0.529. The summed E-state index contributed by atoms with van der Waals surface area (Å²) in [4.78, 5) is 22.5. The number of carbonyl (C=O) groups is 2. The highest BCUT2D eigenvalue weighted by Gasteiger charge is 2.31. The number of rotatable bonds is 3. The van der Waals surface area contributed by atoms with Crippen LogP contribution in [0.2, 0.25) is 0 Å². The Morgan fingerprint density at radius 2 is 1.86 bits per heavy atom. The smallest absolute Gasteiger partial charge is 0.410 e. The molecule has 2 rings (SSSR count). The van der Waals surface area contributed by atoms with E-state index in [4.69, 9.17) is 14.6 Å². The molecule has 1 saturated carbocycles. The summed E-state index contributed by atoms with van der Waals surface area (Å²) >= 11 is 0. The van der Waals surface area contributed by atoms with Gasteiger partial charge in [-0.3, -0.25) is 4.79 Å². The van der Waals surface area contributed by atoms with Crippen LogP contribution in [0.25, 0.3) is 0 Å². The number of carbonyl (C=O) groups excluding carboxylic acids is 1. The molecule has 1 aromatic carbocycles. The van der Waals surface area contributed by atoms with Crippen molar-refractivity contribution in [1.82, 2.24) is 4.90 Å². The summed E-state index contributed by atoms with van der Waals surface area (Å²) < 4.78 is 5.52. The molecule has 5 nitrogen and oxygen atoms in total. The van der Waals surface area contributed by atoms with Gasteiger partial charge in [-0.1, -0.05) is 30.3 Å². The van der Waals surface area contributed by atoms with Gasteiger partial charge in [-0.05, 0) is 45.6 Å². The molecule has 0 saturated heterocycles. The second-order valence-corrected chi connectivity index (χ2v) is 6.28. The third-order valence-corrected chi connectivity index (χ3v) is 3.34.